The Balaban J connectivity index is 1.21. The molecule has 210 valence electrons. The van der Waals surface area contributed by atoms with Crippen molar-refractivity contribution < 1.29 is 48.7 Å². The summed E-state index contributed by atoms with van der Waals surface area (Å²) in [5.74, 6) is -2.35. The number of ether oxygens (including phenoxy) is 4. The second-order valence-corrected chi connectivity index (χ2v) is 10.9. The van der Waals surface area contributed by atoms with Crippen molar-refractivity contribution in [2.75, 3.05) is 7.11 Å². The van der Waals surface area contributed by atoms with E-state index in [0.29, 0.717) is 24.3 Å². The highest BCUT2D eigenvalue weighted by atomic mass is 16.6. The summed E-state index contributed by atoms with van der Waals surface area (Å²) in [6.45, 7) is 0. The number of carbonyl (C=O) groups is 3. The zero-order valence-corrected chi connectivity index (χ0v) is 21.9. The summed E-state index contributed by atoms with van der Waals surface area (Å²) in [5.41, 5.74) is 0.274. The highest BCUT2D eigenvalue weighted by molar-refractivity contribution is 5.84. The number of esters is 2. The maximum absolute atomic E-state index is 13.0. The Morgan fingerprint density at radius 3 is 2.65 bits per heavy atom. The van der Waals surface area contributed by atoms with Crippen LogP contribution in [0, 0.1) is 5.92 Å². The van der Waals surface area contributed by atoms with Gasteiger partial charge in [-0.15, -0.1) is 0 Å². The van der Waals surface area contributed by atoms with Crippen LogP contribution in [0.4, 0.5) is 0 Å². The number of hydrogen-bond donors (Lipinski definition) is 3. The number of aliphatic hydroxyl groups excluding tert-OH is 1. The molecular formula is C30H30O10. The minimum Gasteiger partial charge on any atom is -0.493 e. The molecule has 1 fully saturated rings. The highest BCUT2D eigenvalue weighted by Gasteiger charge is 2.71. The van der Waals surface area contributed by atoms with Crippen LogP contribution in [0.5, 0.6) is 11.5 Å². The Hall–Kier alpha value is -3.89. The van der Waals surface area contributed by atoms with E-state index in [1.807, 2.05) is 12.1 Å². The van der Waals surface area contributed by atoms with Crippen molar-refractivity contribution >= 4 is 17.9 Å². The van der Waals surface area contributed by atoms with Crippen LogP contribution in [0.2, 0.25) is 0 Å². The number of rotatable bonds is 8. The van der Waals surface area contributed by atoms with Crippen molar-refractivity contribution in [1.82, 2.24) is 0 Å². The summed E-state index contributed by atoms with van der Waals surface area (Å²) < 4.78 is 22.6. The van der Waals surface area contributed by atoms with Crippen LogP contribution in [0.15, 0.2) is 54.3 Å². The second-order valence-electron chi connectivity index (χ2n) is 10.9. The van der Waals surface area contributed by atoms with Gasteiger partial charge in [-0.05, 0) is 49.3 Å². The normalized spacial score (nSPS) is 28.7. The van der Waals surface area contributed by atoms with Crippen LogP contribution in [0.25, 0.3) is 0 Å². The van der Waals surface area contributed by atoms with Crippen molar-refractivity contribution in [3.8, 4) is 11.5 Å². The molecule has 0 unspecified atom stereocenters. The first kappa shape index (κ1) is 26.3. The second kappa shape index (κ2) is 9.64. The average Bonchev–Trinajstić information content (AvgIpc) is 3.28. The topological polar surface area (TPSA) is 149 Å². The molecule has 4 aliphatic rings. The van der Waals surface area contributed by atoms with Gasteiger partial charge in [0, 0.05) is 11.1 Å². The van der Waals surface area contributed by atoms with Gasteiger partial charge >= 0.3 is 17.9 Å². The Labute approximate surface area is 230 Å². The minimum atomic E-state index is -1.91. The van der Waals surface area contributed by atoms with E-state index in [4.69, 9.17) is 18.9 Å². The quantitative estimate of drug-likeness (QED) is 0.419. The van der Waals surface area contributed by atoms with Gasteiger partial charge in [0.25, 0.3) is 0 Å². The predicted molar refractivity (Wildman–Crippen MR) is 137 cm³/mol. The number of carbonyl (C=O) groups excluding carboxylic acids is 2. The number of aliphatic hydroxyl groups is 2. The van der Waals surface area contributed by atoms with Gasteiger partial charge in [-0.1, -0.05) is 42.8 Å². The molecule has 1 saturated carbocycles. The van der Waals surface area contributed by atoms with Crippen molar-refractivity contribution in [2.24, 2.45) is 5.92 Å². The molecule has 2 aromatic carbocycles. The van der Waals surface area contributed by atoms with Crippen molar-refractivity contribution in [3.05, 3.63) is 71.0 Å². The first-order valence-electron chi connectivity index (χ1n) is 13.4. The lowest BCUT2D eigenvalue weighted by Gasteiger charge is -2.59. The molecule has 0 amide bonds. The van der Waals surface area contributed by atoms with E-state index in [9.17, 15) is 29.7 Å². The number of benzene rings is 2. The lowest BCUT2D eigenvalue weighted by Crippen LogP contribution is -2.67. The smallest absolute Gasteiger partial charge is 0.349 e. The molecular weight excluding hydrogens is 520 g/mol. The largest absolute Gasteiger partial charge is 0.493 e. The summed E-state index contributed by atoms with van der Waals surface area (Å²) in [4.78, 5) is 37.1. The summed E-state index contributed by atoms with van der Waals surface area (Å²) in [6.07, 6.45) is -0.176. The third-order valence-electron chi connectivity index (χ3n) is 8.89. The van der Waals surface area contributed by atoms with Crippen molar-refractivity contribution in [3.63, 3.8) is 0 Å². The monoisotopic (exact) mass is 550 g/mol. The number of hydrogen-bond acceptors (Lipinski definition) is 9. The highest BCUT2D eigenvalue weighted by Crippen LogP contribution is 2.67. The maximum Gasteiger partial charge on any atom is 0.349 e. The number of carboxylic acid groups (broad SMARTS) is 1. The first-order valence-corrected chi connectivity index (χ1v) is 13.4. The summed E-state index contributed by atoms with van der Waals surface area (Å²) in [6, 6.07) is 11.7. The molecule has 40 heavy (non-hydrogen) atoms. The summed E-state index contributed by atoms with van der Waals surface area (Å²) in [5, 5.41) is 32.1. The number of methoxy groups -OCH3 is 1. The Kier molecular flexibility index (Phi) is 6.35. The fourth-order valence-electron chi connectivity index (χ4n) is 7.18. The molecule has 2 aromatic rings. The molecule has 2 bridgehead atoms. The number of carboxylic acids is 1. The zero-order chi connectivity index (χ0) is 28.2. The summed E-state index contributed by atoms with van der Waals surface area (Å²) >= 11 is 0. The average molecular weight is 551 g/mol. The molecule has 0 saturated heterocycles. The lowest BCUT2D eigenvalue weighted by molar-refractivity contribution is -0.171. The van der Waals surface area contributed by atoms with E-state index in [0.717, 1.165) is 24.0 Å². The Morgan fingerprint density at radius 1 is 1.15 bits per heavy atom. The zero-order valence-electron chi connectivity index (χ0n) is 21.9. The molecule has 6 atom stereocenters. The van der Waals surface area contributed by atoms with Gasteiger partial charge in [-0.3, -0.25) is 4.79 Å². The van der Waals surface area contributed by atoms with Crippen molar-refractivity contribution in [2.45, 2.75) is 67.9 Å². The molecule has 1 heterocycles. The molecule has 0 radical (unpaired) electrons. The first-order chi connectivity index (χ1) is 19.2. The third kappa shape index (κ3) is 3.81. The van der Waals surface area contributed by atoms with E-state index in [2.05, 4.69) is 0 Å². The predicted octanol–water partition coefficient (Wildman–Crippen LogP) is 2.73. The van der Waals surface area contributed by atoms with Crippen LogP contribution in [-0.4, -0.2) is 58.1 Å². The fraction of sp³-hybridized carbons (Fsp3) is 0.433. The summed E-state index contributed by atoms with van der Waals surface area (Å²) in [7, 11) is 1.54. The molecule has 1 aliphatic heterocycles. The van der Waals surface area contributed by atoms with E-state index in [1.54, 1.807) is 31.4 Å². The fourth-order valence-corrected chi connectivity index (χ4v) is 7.18. The standard InChI is InChI=1S/C30H30O10/c1-37-20-10-9-17-14-18-8-5-12-29-23(17)25(20)40-26(29)21(11-13-30(18,29)36)38-28(35)19(31)15-22(32)39-24(27(33)34)16-6-3-2-4-7-16/h2-4,6-7,9-11,18-19,24,26,31,36H,5,8,12-15H2,1H3,(H,33,34)/t18-,19-,24-,26+,29+,30-/m0/s1. The number of aliphatic carboxylic acids is 1. The van der Waals surface area contributed by atoms with Crippen LogP contribution in [0.1, 0.15) is 54.9 Å². The van der Waals surface area contributed by atoms with Crippen LogP contribution in [0.3, 0.4) is 0 Å². The lowest BCUT2D eigenvalue weighted by atomic mass is 9.47. The van der Waals surface area contributed by atoms with Crippen molar-refractivity contribution in [1.29, 1.82) is 0 Å². The van der Waals surface area contributed by atoms with Crippen LogP contribution in [-0.2, 0) is 35.7 Å². The molecule has 10 heteroatoms. The molecule has 1 spiro atoms. The SMILES string of the molecule is COc1ccc2c3c1O[C@@H]1C(OC(=O)[C@@H](O)CC(=O)O[C@H](C(=O)O)c4ccccc4)=CC[C@]4(O)[C@@H](CCC[C@@]314)C2. The molecule has 6 rings (SSSR count). The Bertz CT molecular complexity index is 1400. The molecule has 0 aromatic heterocycles. The van der Waals surface area contributed by atoms with Gasteiger partial charge < -0.3 is 34.3 Å². The van der Waals surface area contributed by atoms with E-state index < -0.39 is 53.7 Å². The van der Waals surface area contributed by atoms with Gasteiger partial charge in [0.15, 0.2) is 23.7 Å². The van der Waals surface area contributed by atoms with E-state index in [1.165, 1.54) is 12.1 Å². The molecule has 3 aliphatic carbocycles. The van der Waals surface area contributed by atoms with Gasteiger partial charge in [0.1, 0.15) is 5.76 Å². The van der Waals surface area contributed by atoms with Gasteiger partial charge in [-0.2, -0.15) is 0 Å². The van der Waals surface area contributed by atoms with Gasteiger partial charge in [-0.25, -0.2) is 9.59 Å². The molecule has 3 N–H and O–H groups in total. The van der Waals surface area contributed by atoms with Crippen LogP contribution >= 0.6 is 0 Å². The van der Waals surface area contributed by atoms with E-state index in [-0.39, 0.29) is 23.7 Å². The van der Waals surface area contributed by atoms with E-state index >= 15 is 0 Å². The minimum absolute atomic E-state index is 0.0138. The maximum atomic E-state index is 13.0. The third-order valence-corrected chi connectivity index (χ3v) is 8.89. The Morgan fingerprint density at radius 2 is 1.93 bits per heavy atom. The molecule has 10 nitrogen and oxygen atoms in total. The van der Waals surface area contributed by atoms with Crippen LogP contribution < -0.4 is 9.47 Å². The van der Waals surface area contributed by atoms with Gasteiger partial charge in [0.2, 0.25) is 6.10 Å². The van der Waals surface area contributed by atoms with Gasteiger partial charge in [0.05, 0.1) is 24.5 Å².